The highest BCUT2D eigenvalue weighted by molar-refractivity contribution is 6.00. The molecule has 2 rings (SSSR count). The number of nitrogens with two attached hydrogens (primary N) is 1. The van der Waals surface area contributed by atoms with Crippen molar-refractivity contribution < 1.29 is 9.72 Å². The number of rotatable bonds is 3. The highest BCUT2D eigenvalue weighted by atomic mass is 16.6. The molecule has 1 aliphatic rings. The fourth-order valence-corrected chi connectivity index (χ4v) is 2.28. The Labute approximate surface area is 104 Å². The molecule has 1 amide bonds. The molecular formula is C12H15N3O3. The molecule has 96 valence electrons. The monoisotopic (exact) mass is 249 g/mol. The summed E-state index contributed by atoms with van der Waals surface area (Å²) in [4.78, 5) is 22.3. The van der Waals surface area contributed by atoms with E-state index in [1.165, 1.54) is 12.1 Å². The molecule has 0 atom stereocenters. The van der Waals surface area contributed by atoms with E-state index in [0.29, 0.717) is 0 Å². The summed E-state index contributed by atoms with van der Waals surface area (Å²) in [6.45, 7) is 0. The topological polar surface area (TPSA) is 98.3 Å². The Balaban J connectivity index is 2.24. The first kappa shape index (κ1) is 12.3. The van der Waals surface area contributed by atoms with Crippen molar-refractivity contribution >= 4 is 17.3 Å². The lowest BCUT2D eigenvalue weighted by atomic mass is 10.1. The van der Waals surface area contributed by atoms with Crippen LogP contribution in [-0.4, -0.2) is 16.9 Å². The number of nitro benzene ring substituents is 1. The van der Waals surface area contributed by atoms with E-state index in [4.69, 9.17) is 5.73 Å². The van der Waals surface area contributed by atoms with Gasteiger partial charge in [0.15, 0.2) is 0 Å². The highest BCUT2D eigenvalue weighted by Gasteiger charge is 2.25. The van der Waals surface area contributed by atoms with E-state index in [1.54, 1.807) is 6.07 Å². The lowest BCUT2D eigenvalue weighted by Crippen LogP contribution is -2.33. The van der Waals surface area contributed by atoms with Crippen molar-refractivity contribution in [1.29, 1.82) is 0 Å². The molecule has 0 saturated heterocycles. The van der Waals surface area contributed by atoms with Gasteiger partial charge in [-0.15, -0.1) is 0 Å². The molecule has 6 heteroatoms. The Morgan fingerprint density at radius 3 is 2.67 bits per heavy atom. The standard InChI is InChI=1S/C12H15N3O3/c13-10-7-3-6-9(11(10)15(17)18)12(16)14-8-4-1-2-5-8/h3,6-8H,1-2,4-5,13H2,(H,14,16). The van der Waals surface area contributed by atoms with Crippen LogP contribution in [0.25, 0.3) is 0 Å². The Hall–Kier alpha value is -2.11. The minimum absolute atomic E-state index is 0.0130. The van der Waals surface area contributed by atoms with Gasteiger partial charge in [0.05, 0.1) is 4.92 Å². The first-order valence-corrected chi connectivity index (χ1v) is 5.93. The molecule has 18 heavy (non-hydrogen) atoms. The third kappa shape index (κ3) is 2.42. The summed E-state index contributed by atoms with van der Waals surface area (Å²) < 4.78 is 0. The fourth-order valence-electron chi connectivity index (χ4n) is 2.28. The first-order valence-electron chi connectivity index (χ1n) is 5.93. The number of hydrogen-bond acceptors (Lipinski definition) is 4. The average molecular weight is 249 g/mol. The van der Waals surface area contributed by atoms with Crippen LogP contribution in [0.1, 0.15) is 36.0 Å². The number of nitrogens with one attached hydrogen (secondary N) is 1. The molecule has 3 N–H and O–H groups in total. The van der Waals surface area contributed by atoms with Crippen molar-refractivity contribution in [3.8, 4) is 0 Å². The Morgan fingerprint density at radius 1 is 1.39 bits per heavy atom. The number of anilines is 1. The molecule has 1 aliphatic carbocycles. The highest BCUT2D eigenvalue weighted by Crippen LogP contribution is 2.26. The van der Waals surface area contributed by atoms with Crippen LogP contribution in [0.15, 0.2) is 18.2 Å². The quantitative estimate of drug-likeness (QED) is 0.485. The van der Waals surface area contributed by atoms with Crippen LogP contribution in [0, 0.1) is 10.1 Å². The minimum Gasteiger partial charge on any atom is -0.393 e. The lowest BCUT2D eigenvalue weighted by molar-refractivity contribution is -0.384. The lowest BCUT2D eigenvalue weighted by Gasteiger charge is -2.12. The molecule has 0 spiro atoms. The normalized spacial score (nSPS) is 15.6. The summed E-state index contributed by atoms with van der Waals surface area (Å²) in [6.07, 6.45) is 4.04. The largest absolute Gasteiger partial charge is 0.393 e. The van der Waals surface area contributed by atoms with Crippen LogP contribution in [-0.2, 0) is 0 Å². The third-order valence-electron chi connectivity index (χ3n) is 3.18. The summed E-state index contributed by atoms with van der Waals surface area (Å²) in [5, 5.41) is 13.7. The maximum absolute atomic E-state index is 12.0. The van der Waals surface area contributed by atoms with Gasteiger partial charge in [0.25, 0.3) is 5.91 Å². The smallest absolute Gasteiger partial charge is 0.304 e. The van der Waals surface area contributed by atoms with E-state index in [-0.39, 0.29) is 23.0 Å². The van der Waals surface area contributed by atoms with Gasteiger partial charge in [-0.1, -0.05) is 18.9 Å². The fraction of sp³-hybridized carbons (Fsp3) is 0.417. The number of nitrogen functional groups attached to an aromatic ring is 1. The SMILES string of the molecule is Nc1cccc(C(=O)NC2CCCC2)c1[N+](=O)[O-]. The predicted molar refractivity (Wildman–Crippen MR) is 67.2 cm³/mol. The zero-order chi connectivity index (χ0) is 13.1. The second-order valence-corrected chi connectivity index (χ2v) is 4.46. The number of nitro groups is 1. The molecule has 0 radical (unpaired) electrons. The molecule has 1 fully saturated rings. The number of hydrogen-bond donors (Lipinski definition) is 2. The Kier molecular flexibility index (Phi) is 3.45. The van der Waals surface area contributed by atoms with Crippen molar-refractivity contribution in [2.24, 2.45) is 0 Å². The van der Waals surface area contributed by atoms with Crippen molar-refractivity contribution in [2.45, 2.75) is 31.7 Å². The second kappa shape index (κ2) is 5.03. The molecule has 1 saturated carbocycles. The van der Waals surface area contributed by atoms with Crippen LogP contribution in [0.3, 0.4) is 0 Å². The predicted octanol–water partition coefficient (Wildman–Crippen LogP) is 1.85. The molecule has 0 aliphatic heterocycles. The van der Waals surface area contributed by atoms with E-state index in [1.807, 2.05) is 0 Å². The summed E-state index contributed by atoms with van der Waals surface area (Å²) in [7, 11) is 0. The summed E-state index contributed by atoms with van der Waals surface area (Å²) in [5.41, 5.74) is 5.28. The van der Waals surface area contributed by atoms with E-state index >= 15 is 0 Å². The number of benzene rings is 1. The van der Waals surface area contributed by atoms with Crippen LogP contribution in [0.4, 0.5) is 11.4 Å². The second-order valence-electron chi connectivity index (χ2n) is 4.46. The zero-order valence-electron chi connectivity index (χ0n) is 9.89. The minimum atomic E-state index is -0.612. The first-order chi connectivity index (χ1) is 8.59. The number of nitrogens with zero attached hydrogens (tertiary/aromatic N) is 1. The summed E-state index contributed by atoms with van der Waals surface area (Å²) in [6, 6.07) is 4.52. The maximum Gasteiger partial charge on any atom is 0.304 e. The number of amides is 1. The van der Waals surface area contributed by atoms with Crippen molar-refractivity contribution in [2.75, 3.05) is 5.73 Å². The van der Waals surface area contributed by atoms with E-state index in [2.05, 4.69) is 5.32 Å². The van der Waals surface area contributed by atoms with Gasteiger partial charge in [0.2, 0.25) is 0 Å². The third-order valence-corrected chi connectivity index (χ3v) is 3.18. The van der Waals surface area contributed by atoms with Crippen LogP contribution in [0.5, 0.6) is 0 Å². The van der Waals surface area contributed by atoms with E-state index in [0.717, 1.165) is 25.7 Å². The van der Waals surface area contributed by atoms with Gasteiger partial charge in [0, 0.05) is 6.04 Å². The van der Waals surface area contributed by atoms with Crippen LogP contribution >= 0.6 is 0 Å². The molecule has 0 bridgehead atoms. The average Bonchev–Trinajstić information content (AvgIpc) is 2.80. The molecule has 1 aromatic rings. The molecule has 0 heterocycles. The Bertz CT molecular complexity index is 481. The van der Waals surface area contributed by atoms with Gasteiger partial charge in [-0.25, -0.2) is 0 Å². The number of carbonyl (C=O) groups is 1. The number of para-hydroxylation sites is 1. The molecule has 1 aromatic carbocycles. The molecule has 6 nitrogen and oxygen atoms in total. The van der Waals surface area contributed by atoms with E-state index < -0.39 is 10.8 Å². The van der Waals surface area contributed by atoms with Crippen molar-refractivity contribution in [3.63, 3.8) is 0 Å². The molecule has 0 unspecified atom stereocenters. The van der Waals surface area contributed by atoms with Gasteiger partial charge < -0.3 is 11.1 Å². The zero-order valence-corrected chi connectivity index (χ0v) is 9.89. The number of carbonyl (C=O) groups excluding carboxylic acids is 1. The van der Waals surface area contributed by atoms with Crippen molar-refractivity contribution in [3.05, 3.63) is 33.9 Å². The summed E-state index contributed by atoms with van der Waals surface area (Å²) in [5.74, 6) is -0.416. The molecule has 0 aromatic heterocycles. The summed E-state index contributed by atoms with van der Waals surface area (Å²) >= 11 is 0. The van der Waals surface area contributed by atoms with Gasteiger partial charge in [-0.05, 0) is 25.0 Å². The van der Waals surface area contributed by atoms with Gasteiger partial charge >= 0.3 is 5.69 Å². The maximum atomic E-state index is 12.0. The van der Waals surface area contributed by atoms with Crippen LogP contribution in [0.2, 0.25) is 0 Å². The van der Waals surface area contributed by atoms with Gasteiger partial charge in [-0.3, -0.25) is 14.9 Å². The van der Waals surface area contributed by atoms with Crippen LogP contribution < -0.4 is 11.1 Å². The van der Waals surface area contributed by atoms with E-state index in [9.17, 15) is 14.9 Å². The van der Waals surface area contributed by atoms with Crippen molar-refractivity contribution in [1.82, 2.24) is 5.32 Å². The Morgan fingerprint density at radius 2 is 2.06 bits per heavy atom. The molecular weight excluding hydrogens is 234 g/mol. The van der Waals surface area contributed by atoms with Gasteiger partial charge in [0.1, 0.15) is 11.3 Å². The van der Waals surface area contributed by atoms with Gasteiger partial charge in [-0.2, -0.15) is 0 Å².